The number of rotatable bonds is 8. The van der Waals surface area contributed by atoms with Gasteiger partial charge in [-0.05, 0) is 30.2 Å². The average molecular weight is 364 g/mol. The van der Waals surface area contributed by atoms with Crippen LogP contribution >= 0.6 is 11.6 Å². The van der Waals surface area contributed by atoms with E-state index < -0.39 is 0 Å². The highest BCUT2D eigenvalue weighted by atomic mass is 35.5. The van der Waals surface area contributed by atoms with E-state index in [4.69, 9.17) is 25.8 Å². The largest absolute Gasteiger partial charge is 0.493 e. The summed E-state index contributed by atoms with van der Waals surface area (Å²) in [6.45, 7) is 3.66. The van der Waals surface area contributed by atoms with Crippen LogP contribution in [0.25, 0.3) is 0 Å². The minimum absolute atomic E-state index is 0.235. The number of carbonyl (C=O) groups is 1. The third-order valence-electron chi connectivity index (χ3n) is 3.64. The summed E-state index contributed by atoms with van der Waals surface area (Å²) in [4.78, 5) is 12.4. The summed E-state index contributed by atoms with van der Waals surface area (Å²) >= 11 is 6.14. The van der Waals surface area contributed by atoms with Crippen molar-refractivity contribution in [1.82, 2.24) is 5.32 Å². The molecule has 2 rings (SSSR count). The van der Waals surface area contributed by atoms with E-state index in [9.17, 15) is 4.79 Å². The maximum Gasteiger partial charge on any atom is 0.251 e. The number of ether oxygens (including phenoxy) is 3. The Morgan fingerprint density at radius 3 is 2.36 bits per heavy atom. The van der Waals surface area contributed by atoms with E-state index >= 15 is 0 Å². The van der Waals surface area contributed by atoms with Gasteiger partial charge in [-0.15, -0.1) is 0 Å². The molecule has 2 aromatic carbocycles. The molecular formula is C19H22ClNO4. The van der Waals surface area contributed by atoms with Gasteiger partial charge in [0.15, 0.2) is 11.5 Å². The van der Waals surface area contributed by atoms with E-state index in [2.05, 4.69) is 5.32 Å². The van der Waals surface area contributed by atoms with Gasteiger partial charge in [-0.2, -0.15) is 0 Å². The molecule has 0 saturated heterocycles. The SMILES string of the molecule is CCOCc1ccc(CNC(=O)c2cc(Cl)c(OC)c(OC)c2)cc1. The van der Waals surface area contributed by atoms with Gasteiger partial charge in [0.25, 0.3) is 5.91 Å². The predicted octanol–water partition coefficient (Wildman–Crippen LogP) is 3.82. The van der Waals surface area contributed by atoms with Crippen molar-refractivity contribution < 1.29 is 19.0 Å². The Labute approximate surface area is 152 Å². The molecule has 0 aliphatic heterocycles. The second-order valence-electron chi connectivity index (χ2n) is 5.33. The highest BCUT2D eigenvalue weighted by molar-refractivity contribution is 6.32. The lowest BCUT2D eigenvalue weighted by atomic mass is 10.1. The number of hydrogen-bond donors (Lipinski definition) is 1. The molecule has 2 aromatic rings. The van der Waals surface area contributed by atoms with Crippen molar-refractivity contribution in [3.63, 3.8) is 0 Å². The molecule has 0 radical (unpaired) electrons. The molecule has 1 amide bonds. The summed E-state index contributed by atoms with van der Waals surface area (Å²) in [7, 11) is 3.00. The molecule has 0 aliphatic rings. The summed E-state index contributed by atoms with van der Waals surface area (Å²) in [6, 6.07) is 11.1. The molecule has 0 fully saturated rings. The van der Waals surface area contributed by atoms with Crippen molar-refractivity contribution in [2.24, 2.45) is 0 Å². The average Bonchev–Trinajstić information content (AvgIpc) is 2.64. The molecule has 6 heteroatoms. The summed E-state index contributed by atoms with van der Waals surface area (Å²) < 4.78 is 15.7. The molecule has 0 bridgehead atoms. The van der Waals surface area contributed by atoms with E-state index in [0.29, 0.717) is 41.8 Å². The Hall–Kier alpha value is -2.24. The highest BCUT2D eigenvalue weighted by Crippen LogP contribution is 2.35. The monoisotopic (exact) mass is 363 g/mol. The molecule has 0 heterocycles. The maximum atomic E-state index is 12.4. The van der Waals surface area contributed by atoms with Crippen molar-refractivity contribution in [1.29, 1.82) is 0 Å². The van der Waals surface area contributed by atoms with Gasteiger partial charge < -0.3 is 19.5 Å². The van der Waals surface area contributed by atoms with Crippen LogP contribution in [0.15, 0.2) is 36.4 Å². The Morgan fingerprint density at radius 2 is 1.76 bits per heavy atom. The van der Waals surface area contributed by atoms with Crippen molar-refractivity contribution in [3.8, 4) is 11.5 Å². The van der Waals surface area contributed by atoms with Gasteiger partial charge in [0.1, 0.15) is 0 Å². The quantitative estimate of drug-likeness (QED) is 0.774. The van der Waals surface area contributed by atoms with Gasteiger partial charge in [0.2, 0.25) is 0 Å². The van der Waals surface area contributed by atoms with Crippen LogP contribution in [0, 0.1) is 0 Å². The van der Waals surface area contributed by atoms with E-state index in [1.165, 1.54) is 14.2 Å². The van der Waals surface area contributed by atoms with Gasteiger partial charge in [0.05, 0.1) is 25.8 Å². The number of methoxy groups -OCH3 is 2. The van der Waals surface area contributed by atoms with Gasteiger partial charge in [-0.1, -0.05) is 35.9 Å². The van der Waals surface area contributed by atoms with Crippen molar-refractivity contribution >= 4 is 17.5 Å². The first-order valence-corrected chi connectivity index (χ1v) is 8.32. The first-order valence-electron chi connectivity index (χ1n) is 7.94. The second-order valence-corrected chi connectivity index (χ2v) is 5.74. The fourth-order valence-corrected chi connectivity index (χ4v) is 2.59. The van der Waals surface area contributed by atoms with Crippen LogP contribution in [0.4, 0.5) is 0 Å². The van der Waals surface area contributed by atoms with Gasteiger partial charge in [0, 0.05) is 18.7 Å². The van der Waals surface area contributed by atoms with Crippen molar-refractivity contribution in [2.45, 2.75) is 20.1 Å². The molecule has 134 valence electrons. The molecule has 0 saturated carbocycles. The maximum absolute atomic E-state index is 12.4. The topological polar surface area (TPSA) is 56.8 Å². The standard InChI is InChI=1S/C19H22ClNO4/c1-4-25-12-14-7-5-13(6-8-14)11-21-19(22)15-9-16(20)18(24-3)17(10-15)23-2/h5-10H,4,11-12H2,1-3H3,(H,21,22). The summed E-state index contributed by atoms with van der Waals surface area (Å²) in [6.07, 6.45) is 0. The number of benzene rings is 2. The smallest absolute Gasteiger partial charge is 0.251 e. The van der Waals surface area contributed by atoms with Gasteiger partial charge >= 0.3 is 0 Å². The zero-order valence-electron chi connectivity index (χ0n) is 14.6. The minimum Gasteiger partial charge on any atom is -0.493 e. The van der Waals surface area contributed by atoms with Crippen LogP contribution in [-0.4, -0.2) is 26.7 Å². The molecule has 1 N–H and O–H groups in total. The zero-order chi connectivity index (χ0) is 18.2. The van der Waals surface area contributed by atoms with Crippen LogP contribution in [0.5, 0.6) is 11.5 Å². The molecule has 25 heavy (non-hydrogen) atoms. The van der Waals surface area contributed by atoms with E-state index in [1.807, 2.05) is 31.2 Å². The fourth-order valence-electron chi connectivity index (χ4n) is 2.31. The predicted molar refractivity (Wildman–Crippen MR) is 97.5 cm³/mol. The van der Waals surface area contributed by atoms with Crippen LogP contribution < -0.4 is 14.8 Å². The Bertz CT molecular complexity index is 716. The van der Waals surface area contributed by atoms with Gasteiger partial charge in [-0.25, -0.2) is 0 Å². The summed E-state index contributed by atoms with van der Waals surface area (Å²) in [5.41, 5.74) is 2.51. The minimum atomic E-state index is -0.235. The van der Waals surface area contributed by atoms with Crippen LogP contribution in [0.2, 0.25) is 5.02 Å². The normalized spacial score (nSPS) is 10.4. The lowest BCUT2D eigenvalue weighted by molar-refractivity contribution is 0.0950. The summed E-state index contributed by atoms with van der Waals surface area (Å²) in [5, 5.41) is 3.19. The third kappa shape index (κ3) is 5.11. The fraction of sp³-hybridized carbons (Fsp3) is 0.316. The lowest BCUT2D eigenvalue weighted by Crippen LogP contribution is -2.22. The Balaban J connectivity index is 2.01. The summed E-state index contributed by atoms with van der Waals surface area (Å²) in [5.74, 6) is 0.590. The molecule has 0 atom stereocenters. The van der Waals surface area contributed by atoms with E-state index in [-0.39, 0.29) is 5.91 Å². The number of hydrogen-bond acceptors (Lipinski definition) is 4. The second kappa shape index (κ2) is 9.30. The molecule has 0 aromatic heterocycles. The first-order chi connectivity index (χ1) is 12.1. The lowest BCUT2D eigenvalue weighted by Gasteiger charge is -2.12. The van der Waals surface area contributed by atoms with E-state index in [1.54, 1.807) is 12.1 Å². The molecule has 0 spiro atoms. The number of carbonyl (C=O) groups excluding carboxylic acids is 1. The van der Waals surface area contributed by atoms with Crippen molar-refractivity contribution in [2.75, 3.05) is 20.8 Å². The van der Waals surface area contributed by atoms with Crippen LogP contribution in [-0.2, 0) is 17.9 Å². The number of nitrogens with one attached hydrogen (secondary N) is 1. The molecular weight excluding hydrogens is 342 g/mol. The van der Waals surface area contributed by atoms with Crippen LogP contribution in [0.3, 0.4) is 0 Å². The Kier molecular flexibility index (Phi) is 7.10. The van der Waals surface area contributed by atoms with Crippen LogP contribution in [0.1, 0.15) is 28.4 Å². The van der Waals surface area contributed by atoms with Crippen molar-refractivity contribution in [3.05, 3.63) is 58.1 Å². The first kappa shape index (κ1) is 19.1. The molecule has 0 aliphatic carbocycles. The zero-order valence-corrected chi connectivity index (χ0v) is 15.4. The number of amides is 1. The highest BCUT2D eigenvalue weighted by Gasteiger charge is 2.15. The third-order valence-corrected chi connectivity index (χ3v) is 3.93. The van der Waals surface area contributed by atoms with Gasteiger partial charge in [-0.3, -0.25) is 4.79 Å². The number of halogens is 1. The molecule has 5 nitrogen and oxygen atoms in total. The molecule has 0 unspecified atom stereocenters. The van der Waals surface area contributed by atoms with E-state index in [0.717, 1.165) is 11.1 Å². The Morgan fingerprint density at radius 1 is 1.08 bits per heavy atom.